The van der Waals surface area contributed by atoms with Gasteiger partial charge in [-0.2, -0.15) is 0 Å². The highest BCUT2D eigenvalue weighted by molar-refractivity contribution is 5.95. The maximum absolute atomic E-state index is 11.7. The molecule has 19 heavy (non-hydrogen) atoms. The highest BCUT2D eigenvalue weighted by Crippen LogP contribution is 2.18. The van der Waals surface area contributed by atoms with Crippen LogP contribution in [0.3, 0.4) is 0 Å². The molecule has 0 amide bonds. The lowest BCUT2D eigenvalue weighted by atomic mass is 9.96. The molecule has 108 valence electrons. The van der Waals surface area contributed by atoms with Crippen LogP contribution in [0.4, 0.5) is 0 Å². The Morgan fingerprint density at radius 2 is 1.63 bits per heavy atom. The van der Waals surface area contributed by atoms with E-state index in [1.165, 1.54) is 6.92 Å². The van der Waals surface area contributed by atoms with Gasteiger partial charge in [0.05, 0.1) is 13.2 Å². The Morgan fingerprint density at radius 3 is 1.89 bits per heavy atom. The normalized spacial score (nSPS) is 11.8. The first-order valence-electron chi connectivity index (χ1n) is 5.97. The second kappa shape index (κ2) is 8.23. The van der Waals surface area contributed by atoms with Crippen molar-refractivity contribution >= 4 is 11.9 Å². The van der Waals surface area contributed by atoms with E-state index in [0.29, 0.717) is 0 Å². The van der Waals surface area contributed by atoms with Crippen molar-refractivity contribution in [3.05, 3.63) is 22.3 Å². The number of esters is 2. The minimum absolute atomic E-state index is 0.0882. The van der Waals surface area contributed by atoms with Gasteiger partial charge in [0.2, 0.25) is 6.04 Å². The fourth-order valence-corrected chi connectivity index (χ4v) is 1.46. The van der Waals surface area contributed by atoms with Crippen LogP contribution in [-0.4, -0.2) is 36.1 Å². The summed E-state index contributed by atoms with van der Waals surface area (Å²) in [5.41, 5.74) is 0.267. The van der Waals surface area contributed by atoms with E-state index in [1.54, 1.807) is 13.8 Å². The summed E-state index contributed by atoms with van der Waals surface area (Å²) in [5, 5.41) is 10.9. The average Bonchev–Trinajstić information content (AvgIpc) is 2.29. The number of carbonyl (C=O) groups is 2. The highest BCUT2D eigenvalue weighted by Gasteiger charge is 2.37. The Kier molecular flexibility index (Phi) is 7.40. The number of ether oxygens (including phenoxy) is 2. The maximum Gasteiger partial charge on any atom is 0.320 e. The molecule has 0 bridgehead atoms. The van der Waals surface area contributed by atoms with Crippen LogP contribution >= 0.6 is 0 Å². The number of nitro groups is 1. The Morgan fingerprint density at radius 1 is 1.21 bits per heavy atom. The van der Waals surface area contributed by atoms with Gasteiger partial charge in [0, 0.05) is 11.3 Å². The molecule has 0 heterocycles. The molecule has 1 atom stereocenters. The number of hydrogen-bond acceptors (Lipinski definition) is 6. The molecule has 0 aliphatic carbocycles. The Balaban J connectivity index is 5.02. The van der Waals surface area contributed by atoms with E-state index < -0.39 is 28.8 Å². The minimum Gasteiger partial charge on any atom is -0.465 e. The summed E-state index contributed by atoms with van der Waals surface area (Å²) >= 11 is 0. The number of carbonyl (C=O) groups excluding carboxylic acids is 2. The molecule has 0 fully saturated rings. The molecule has 0 saturated carbocycles. The number of nitrogens with zero attached hydrogens (tertiary/aromatic N) is 1. The van der Waals surface area contributed by atoms with Gasteiger partial charge >= 0.3 is 11.9 Å². The van der Waals surface area contributed by atoms with Gasteiger partial charge in [0.1, 0.15) is 0 Å². The predicted octanol–water partition coefficient (Wildman–Crippen LogP) is 1.34. The van der Waals surface area contributed by atoms with Gasteiger partial charge in [-0.05, 0) is 26.3 Å². The van der Waals surface area contributed by atoms with Gasteiger partial charge in [-0.25, -0.2) is 0 Å². The molecule has 0 saturated heterocycles. The number of hydrogen-bond donors (Lipinski definition) is 0. The van der Waals surface area contributed by atoms with Crippen LogP contribution in [0.2, 0.25) is 0 Å². The van der Waals surface area contributed by atoms with E-state index in [0.717, 1.165) is 0 Å². The lowest BCUT2D eigenvalue weighted by Gasteiger charge is -2.16. The SMILES string of the molecule is C=C(C)C(CC(C(=O)OCC)C(=O)OCC)[N+](=O)[O-]. The van der Waals surface area contributed by atoms with E-state index in [2.05, 4.69) is 6.58 Å². The molecule has 0 radical (unpaired) electrons. The van der Waals surface area contributed by atoms with Crippen molar-refractivity contribution in [2.45, 2.75) is 33.2 Å². The highest BCUT2D eigenvalue weighted by atomic mass is 16.6. The Labute approximate surface area is 111 Å². The maximum atomic E-state index is 11.7. The predicted molar refractivity (Wildman–Crippen MR) is 67.0 cm³/mol. The first-order valence-corrected chi connectivity index (χ1v) is 5.97. The van der Waals surface area contributed by atoms with Crippen molar-refractivity contribution in [3.63, 3.8) is 0 Å². The summed E-state index contributed by atoms with van der Waals surface area (Å²) in [4.78, 5) is 33.6. The third-order valence-electron chi connectivity index (χ3n) is 2.42. The molecule has 0 spiro atoms. The minimum atomic E-state index is -1.30. The smallest absolute Gasteiger partial charge is 0.320 e. The van der Waals surface area contributed by atoms with Gasteiger partial charge in [0.25, 0.3) is 0 Å². The van der Waals surface area contributed by atoms with Crippen LogP contribution < -0.4 is 0 Å². The number of rotatable bonds is 8. The summed E-state index contributed by atoms with van der Waals surface area (Å²) in [7, 11) is 0. The molecule has 0 aliphatic rings. The standard InChI is InChI=1S/C12H19NO6/c1-5-18-11(14)9(12(15)19-6-2)7-10(8(3)4)13(16)17/h9-10H,3,5-7H2,1-2,4H3. The zero-order chi connectivity index (χ0) is 15.0. The Bertz CT molecular complexity index is 333. The zero-order valence-corrected chi connectivity index (χ0v) is 11.4. The molecule has 0 aromatic rings. The van der Waals surface area contributed by atoms with Crippen LogP contribution in [0.1, 0.15) is 27.2 Å². The molecule has 0 N–H and O–H groups in total. The van der Waals surface area contributed by atoms with Gasteiger partial charge in [-0.15, -0.1) is 0 Å². The summed E-state index contributed by atoms with van der Waals surface area (Å²) in [6.45, 7) is 8.32. The van der Waals surface area contributed by atoms with Crippen molar-refractivity contribution in [2.75, 3.05) is 13.2 Å². The summed E-state index contributed by atoms with van der Waals surface area (Å²) in [6.07, 6.45) is -0.306. The zero-order valence-electron chi connectivity index (χ0n) is 11.4. The summed E-state index contributed by atoms with van der Waals surface area (Å²) in [5.74, 6) is -2.92. The average molecular weight is 273 g/mol. The van der Waals surface area contributed by atoms with Crippen LogP contribution in [0.5, 0.6) is 0 Å². The molecule has 0 aromatic heterocycles. The summed E-state index contributed by atoms with van der Waals surface area (Å²) in [6, 6.07) is -1.18. The first-order chi connectivity index (χ1) is 8.84. The molecule has 7 nitrogen and oxygen atoms in total. The third-order valence-corrected chi connectivity index (χ3v) is 2.42. The lowest BCUT2D eigenvalue weighted by molar-refractivity contribution is -0.513. The monoisotopic (exact) mass is 273 g/mol. The fraction of sp³-hybridized carbons (Fsp3) is 0.667. The molecular weight excluding hydrogens is 254 g/mol. The topological polar surface area (TPSA) is 95.7 Å². The quantitative estimate of drug-likeness (QED) is 0.218. The van der Waals surface area contributed by atoms with Crippen molar-refractivity contribution in [3.8, 4) is 0 Å². The van der Waals surface area contributed by atoms with E-state index in [-0.39, 0.29) is 25.2 Å². The van der Waals surface area contributed by atoms with Gasteiger partial charge in [-0.1, -0.05) is 6.58 Å². The molecule has 7 heteroatoms. The third kappa shape index (κ3) is 5.50. The molecule has 0 aliphatic heterocycles. The van der Waals surface area contributed by atoms with Gasteiger partial charge in [-0.3, -0.25) is 19.7 Å². The second-order valence-corrected chi connectivity index (χ2v) is 3.94. The van der Waals surface area contributed by atoms with Crippen molar-refractivity contribution in [1.82, 2.24) is 0 Å². The van der Waals surface area contributed by atoms with Crippen LogP contribution in [0.15, 0.2) is 12.2 Å². The van der Waals surface area contributed by atoms with E-state index in [4.69, 9.17) is 9.47 Å². The second-order valence-electron chi connectivity index (χ2n) is 3.94. The van der Waals surface area contributed by atoms with Crippen molar-refractivity contribution < 1.29 is 24.0 Å². The van der Waals surface area contributed by atoms with E-state index in [1.807, 2.05) is 0 Å². The van der Waals surface area contributed by atoms with Crippen LogP contribution in [0.25, 0.3) is 0 Å². The van der Waals surface area contributed by atoms with Gasteiger partial charge < -0.3 is 9.47 Å². The van der Waals surface area contributed by atoms with E-state index >= 15 is 0 Å². The van der Waals surface area contributed by atoms with Crippen LogP contribution in [-0.2, 0) is 19.1 Å². The van der Waals surface area contributed by atoms with Crippen LogP contribution in [0, 0.1) is 16.0 Å². The molecular formula is C12H19NO6. The largest absolute Gasteiger partial charge is 0.465 e. The fourth-order valence-electron chi connectivity index (χ4n) is 1.46. The summed E-state index contributed by atoms with van der Waals surface area (Å²) < 4.78 is 9.48. The van der Waals surface area contributed by atoms with E-state index in [9.17, 15) is 19.7 Å². The first kappa shape index (κ1) is 17.1. The lowest BCUT2D eigenvalue weighted by Crippen LogP contribution is -2.34. The van der Waals surface area contributed by atoms with Gasteiger partial charge in [0.15, 0.2) is 5.92 Å². The molecule has 0 aromatic carbocycles. The van der Waals surface area contributed by atoms with Crippen molar-refractivity contribution in [1.29, 1.82) is 0 Å². The molecule has 1 unspecified atom stereocenters. The Hall–Kier alpha value is -1.92. The molecule has 0 rings (SSSR count). The van der Waals surface area contributed by atoms with Crippen molar-refractivity contribution in [2.24, 2.45) is 5.92 Å².